The molecule has 1 aromatic heterocycles. The summed E-state index contributed by atoms with van der Waals surface area (Å²) in [5, 5.41) is 0. The van der Waals surface area contributed by atoms with Gasteiger partial charge in [0.15, 0.2) is 6.29 Å². The number of carbonyl (C=O) groups is 1. The van der Waals surface area contributed by atoms with Crippen LogP contribution in [0.4, 0.5) is 0 Å². The van der Waals surface area contributed by atoms with E-state index < -0.39 is 0 Å². The van der Waals surface area contributed by atoms with Crippen LogP contribution in [0.2, 0.25) is 0 Å². The highest BCUT2D eigenvalue weighted by Crippen LogP contribution is 2.30. The molecule has 0 bridgehead atoms. The summed E-state index contributed by atoms with van der Waals surface area (Å²) in [6.07, 6.45) is 6.16. The minimum atomic E-state index is 0.826. The highest BCUT2D eigenvalue weighted by atomic mass is 32.2. The summed E-state index contributed by atoms with van der Waals surface area (Å²) in [6, 6.07) is 3.97. The maximum absolute atomic E-state index is 10.6. The Hall–Kier alpha value is -0.280. The molecule has 16 heavy (non-hydrogen) atoms. The molecular weight excluding hydrogens is 236 g/mol. The molecule has 1 atom stereocenters. The van der Waals surface area contributed by atoms with Gasteiger partial charge in [0.25, 0.3) is 0 Å². The van der Waals surface area contributed by atoms with Crippen molar-refractivity contribution in [2.24, 2.45) is 5.92 Å². The van der Waals surface area contributed by atoms with Crippen molar-refractivity contribution < 1.29 is 4.79 Å². The van der Waals surface area contributed by atoms with Gasteiger partial charge in [0.2, 0.25) is 0 Å². The van der Waals surface area contributed by atoms with Crippen molar-refractivity contribution >= 4 is 29.4 Å². The van der Waals surface area contributed by atoms with E-state index in [0.717, 1.165) is 17.1 Å². The van der Waals surface area contributed by atoms with Crippen LogP contribution < -0.4 is 0 Å². The molecule has 0 fully saturated rings. The summed E-state index contributed by atoms with van der Waals surface area (Å²) in [7, 11) is 0. The fourth-order valence-electron chi connectivity index (χ4n) is 1.57. The lowest BCUT2D eigenvalue weighted by molar-refractivity contribution is 0.112. The quantitative estimate of drug-likeness (QED) is 0.487. The molecule has 0 saturated heterocycles. The van der Waals surface area contributed by atoms with Gasteiger partial charge in [-0.05, 0) is 24.5 Å². The molecule has 3 heteroatoms. The van der Waals surface area contributed by atoms with Crippen LogP contribution >= 0.6 is 23.1 Å². The van der Waals surface area contributed by atoms with Crippen molar-refractivity contribution in [2.75, 3.05) is 5.75 Å². The smallest absolute Gasteiger partial charge is 0.160 e. The van der Waals surface area contributed by atoms with Gasteiger partial charge in [0.1, 0.15) is 0 Å². The highest BCUT2D eigenvalue weighted by molar-refractivity contribution is 8.01. The maximum atomic E-state index is 10.6. The standard InChI is InChI=1S/C13H20OS2/c1-3-5-6-11(4-2)10-15-13-8-7-12(9-14)16-13/h7-9,11H,3-6,10H2,1-2H3. The van der Waals surface area contributed by atoms with Gasteiger partial charge >= 0.3 is 0 Å². The van der Waals surface area contributed by atoms with Crippen molar-refractivity contribution in [1.29, 1.82) is 0 Å². The molecule has 0 spiro atoms. The number of rotatable bonds is 8. The third-order valence-corrected chi connectivity index (χ3v) is 5.19. The summed E-state index contributed by atoms with van der Waals surface area (Å²) in [5.74, 6) is 2.02. The molecule has 0 radical (unpaired) electrons. The first-order valence-corrected chi connectivity index (χ1v) is 7.78. The van der Waals surface area contributed by atoms with E-state index in [1.54, 1.807) is 11.3 Å². The Morgan fingerprint density at radius 3 is 2.81 bits per heavy atom. The predicted octanol–water partition coefficient (Wildman–Crippen LogP) is 4.87. The van der Waals surface area contributed by atoms with Gasteiger partial charge in [0, 0.05) is 5.75 Å². The van der Waals surface area contributed by atoms with E-state index in [4.69, 9.17) is 0 Å². The second kappa shape index (κ2) is 7.91. The van der Waals surface area contributed by atoms with E-state index in [9.17, 15) is 4.79 Å². The van der Waals surface area contributed by atoms with Crippen LogP contribution in [0.3, 0.4) is 0 Å². The molecule has 0 aromatic carbocycles. The first-order chi connectivity index (χ1) is 7.80. The monoisotopic (exact) mass is 256 g/mol. The average Bonchev–Trinajstić information content (AvgIpc) is 2.77. The summed E-state index contributed by atoms with van der Waals surface area (Å²) >= 11 is 3.50. The molecule has 1 heterocycles. The topological polar surface area (TPSA) is 17.1 Å². The molecule has 0 amide bonds. The highest BCUT2D eigenvalue weighted by Gasteiger charge is 2.07. The summed E-state index contributed by atoms with van der Waals surface area (Å²) in [6.45, 7) is 4.52. The molecule has 1 rings (SSSR count). The van der Waals surface area contributed by atoms with Gasteiger partial charge in [-0.3, -0.25) is 4.79 Å². The number of hydrogen-bond acceptors (Lipinski definition) is 3. The lowest BCUT2D eigenvalue weighted by Crippen LogP contribution is -2.01. The molecule has 0 aliphatic carbocycles. The third-order valence-electron chi connectivity index (χ3n) is 2.72. The van der Waals surface area contributed by atoms with Crippen LogP contribution in [-0.2, 0) is 0 Å². The summed E-state index contributed by atoms with van der Waals surface area (Å²) in [5.41, 5.74) is 0. The third kappa shape index (κ3) is 4.71. The second-order valence-corrected chi connectivity index (χ2v) is 6.44. The lowest BCUT2D eigenvalue weighted by atomic mass is 10.0. The van der Waals surface area contributed by atoms with E-state index in [2.05, 4.69) is 19.9 Å². The Bertz CT molecular complexity index is 307. The number of carbonyl (C=O) groups excluding carboxylic acids is 1. The minimum Gasteiger partial charge on any atom is -0.297 e. The average molecular weight is 256 g/mol. The molecule has 0 saturated carbocycles. The van der Waals surface area contributed by atoms with Crippen molar-refractivity contribution in [3.8, 4) is 0 Å². The van der Waals surface area contributed by atoms with E-state index in [1.807, 2.05) is 17.8 Å². The summed E-state index contributed by atoms with van der Waals surface area (Å²) in [4.78, 5) is 11.4. The predicted molar refractivity (Wildman–Crippen MR) is 73.7 cm³/mol. The van der Waals surface area contributed by atoms with Gasteiger partial charge in [0.05, 0.1) is 9.09 Å². The molecule has 0 N–H and O–H groups in total. The van der Waals surface area contributed by atoms with Crippen molar-refractivity contribution in [3.05, 3.63) is 17.0 Å². The number of unbranched alkanes of at least 4 members (excludes halogenated alkanes) is 1. The van der Waals surface area contributed by atoms with Crippen molar-refractivity contribution in [1.82, 2.24) is 0 Å². The van der Waals surface area contributed by atoms with E-state index in [1.165, 1.54) is 35.6 Å². The van der Waals surface area contributed by atoms with Crippen LogP contribution in [0, 0.1) is 5.92 Å². The Kier molecular flexibility index (Phi) is 6.81. The molecule has 1 unspecified atom stereocenters. The van der Waals surface area contributed by atoms with Crippen LogP contribution in [0.5, 0.6) is 0 Å². The molecule has 0 aliphatic heterocycles. The van der Waals surface area contributed by atoms with Gasteiger partial charge in [-0.25, -0.2) is 0 Å². The number of aldehydes is 1. The fourth-order valence-corrected chi connectivity index (χ4v) is 3.82. The molecule has 0 aliphatic rings. The first-order valence-electron chi connectivity index (χ1n) is 5.98. The SMILES string of the molecule is CCCCC(CC)CSc1ccc(C=O)s1. The minimum absolute atomic E-state index is 0.826. The second-order valence-electron chi connectivity index (χ2n) is 4.00. The van der Waals surface area contributed by atoms with Gasteiger partial charge in [-0.15, -0.1) is 23.1 Å². The normalized spacial score (nSPS) is 12.6. The van der Waals surface area contributed by atoms with E-state index >= 15 is 0 Å². The van der Waals surface area contributed by atoms with Gasteiger partial charge in [-0.1, -0.05) is 33.1 Å². The zero-order chi connectivity index (χ0) is 11.8. The molecule has 90 valence electrons. The number of thioether (sulfide) groups is 1. The zero-order valence-electron chi connectivity index (χ0n) is 10.1. The Balaban J connectivity index is 2.33. The Labute approximate surface area is 107 Å². The number of thiophene rings is 1. The maximum Gasteiger partial charge on any atom is 0.160 e. The van der Waals surface area contributed by atoms with Gasteiger partial charge in [-0.2, -0.15) is 0 Å². The summed E-state index contributed by atoms with van der Waals surface area (Å²) < 4.78 is 1.28. The van der Waals surface area contributed by atoms with Crippen molar-refractivity contribution in [2.45, 2.75) is 43.7 Å². The van der Waals surface area contributed by atoms with Crippen LogP contribution in [0.25, 0.3) is 0 Å². The number of hydrogen-bond donors (Lipinski definition) is 0. The molecule has 1 nitrogen and oxygen atoms in total. The van der Waals surface area contributed by atoms with Crippen molar-refractivity contribution in [3.63, 3.8) is 0 Å². The van der Waals surface area contributed by atoms with E-state index in [0.29, 0.717) is 0 Å². The zero-order valence-corrected chi connectivity index (χ0v) is 11.7. The molecule has 1 aromatic rings. The molecular formula is C13H20OS2. The Morgan fingerprint density at radius 2 is 2.25 bits per heavy atom. The van der Waals surface area contributed by atoms with E-state index in [-0.39, 0.29) is 0 Å². The van der Waals surface area contributed by atoms with Crippen LogP contribution in [-0.4, -0.2) is 12.0 Å². The fraction of sp³-hybridized carbons (Fsp3) is 0.615. The lowest BCUT2D eigenvalue weighted by Gasteiger charge is -2.12. The van der Waals surface area contributed by atoms with Gasteiger partial charge < -0.3 is 0 Å². The first kappa shape index (κ1) is 13.8. The Morgan fingerprint density at radius 1 is 1.44 bits per heavy atom. The van der Waals surface area contributed by atoms with Crippen LogP contribution in [0.1, 0.15) is 49.2 Å². The largest absolute Gasteiger partial charge is 0.297 e. The van der Waals surface area contributed by atoms with Crippen LogP contribution in [0.15, 0.2) is 16.3 Å².